The number of carbonyl (C=O) groups excluding carboxylic acids is 1. The van der Waals surface area contributed by atoms with E-state index in [1.54, 1.807) is 0 Å². The van der Waals surface area contributed by atoms with Crippen LogP contribution >= 0.6 is 0 Å². The van der Waals surface area contributed by atoms with Crippen molar-refractivity contribution in [2.24, 2.45) is 0 Å². The van der Waals surface area contributed by atoms with Crippen LogP contribution in [0.4, 0.5) is 0 Å². The molecule has 2 aromatic heterocycles. The van der Waals surface area contributed by atoms with Gasteiger partial charge in [0.1, 0.15) is 6.04 Å². The summed E-state index contributed by atoms with van der Waals surface area (Å²) in [6, 6.07) is 5.94. The van der Waals surface area contributed by atoms with Crippen molar-refractivity contribution in [2.45, 2.75) is 53.1 Å². The molecule has 6 nitrogen and oxygen atoms in total. The number of pyridine rings is 1. The van der Waals surface area contributed by atoms with E-state index < -0.39 is 0 Å². The smallest absolute Gasteiger partial charge is 0.247 e. The van der Waals surface area contributed by atoms with Crippen LogP contribution < -0.4 is 0 Å². The maximum absolute atomic E-state index is 13.2. The lowest BCUT2D eigenvalue weighted by molar-refractivity contribution is -0.137. The SMILES string of the molecule is CCCC(C(=O)N1CCN(Cc2ncccc2C)CC1)n1nc(C)cc1C. The van der Waals surface area contributed by atoms with Gasteiger partial charge in [0.05, 0.1) is 11.4 Å². The largest absolute Gasteiger partial charge is 0.338 e. The van der Waals surface area contributed by atoms with Gasteiger partial charge in [-0.1, -0.05) is 19.4 Å². The van der Waals surface area contributed by atoms with Gasteiger partial charge in [-0.15, -0.1) is 0 Å². The van der Waals surface area contributed by atoms with Gasteiger partial charge >= 0.3 is 0 Å². The van der Waals surface area contributed by atoms with E-state index in [0.717, 1.165) is 62.6 Å². The summed E-state index contributed by atoms with van der Waals surface area (Å²) in [5, 5.41) is 4.58. The van der Waals surface area contributed by atoms with E-state index in [9.17, 15) is 4.79 Å². The number of carbonyl (C=O) groups is 1. The van der Waals surface area contributed by atoms with Crippen molar-refractivity contribution in [1.82, 2.24) is 24.6 Å². The summed E-state index contributed by atoms with van der Waals surface area (Å²) in [6.45, 7) is 12.4. The molecule has 0 saturated carbocycles. The Morgan fingerprint density at radius 1 is 1.19 bits per heavy atom. The van der Waals surface area contributed by atoms with Crippen LogP contribution in [0.5, 0.6) is 0 Å². The molecule has 0 spiro atoms. The fraction of sp³-hybridized carbons (Fsp3) is 0.571. The third-order valence-corrected chi connectivity index (χ3v) is 5.36. The highest BCUT2D eigenvalue weighted by atomic mass is 16.2. The summed E-state index contributed by atoms with van der Waals surface area (Å²) < 4.78 is 1.92. The Morgan fingerprint density at radius 2 is 1.93 bits per heavy atom. The molecule has 2 aromatic rings. The molecule has 1 aliphatic heterocycles. The lowest BCUT2D eigenvalue weighted by Gasteiger charge is -2.36. The van der Waals surface area contributed by atoms with E-state index in [4.69, 9.17) is 0 Å². The van der Waals surface area contributed by atoms with Gasteiger partial charge in [-0.05, 0) is 44.9 Å². The Hall–Kier alpha value is -2.21. The molecule has 0 N–H and O–H groups in total. The zero-order valence-corrected chi connectivity index (χ0v) is 17.0. The van der Waals surface area contributed by atoms with E-state index >= 15 is 0 Å². The van der Waals surface area contributed by atoms with Crippen LogP contribution in [0, 0.1) is 20.8 Å². The van der Waals surface area contributed by atoms with Crippen LogP contribution in [0.2, 0.25) is 0 Å². The van der Waals surface area contributed by atoms with E-state index in [2.05, 4.69) is 34.9 Å². The first kappa shape index (κ1) is 19.5. The molecule has 3 rings (SSSR count). The van der Waals surface area contributed by atoms with Gasteiger partial charge in [-0.3, -0.25) is 19.4 Å². The molecular formula is C21H31N5O. The number of aryl methyl sites for hydroxylation is 3. The molecule has 0 bridgehead atoms. The molecule has 0 aliphatic carbocycles. The molecule has 1 atom stereocenters. The number of piperazine rings is 1. The zero-order chi connectivity index (χ0) is 19.4. The first-order chi connectivity index (χ1) is 13.0. The third kappa shape index (κ3) is 4.56. The molecule has 1 amide bonds. The first-order valence-corrected chi connectivity index (χ1v) is 9.94. The predicted molar refractivity (Wildman–Crippen MR) is 106 cm³/mol. The van der Waals surface area contributed by atoms with E-state index in [-0.39, 0.29) is 11.9 Å². The second-order valence-electron chi connectivity index (χ2n) is 7.54. The van der Waals surface area contributed by atoms with E-state index in [1.165, 1.54) is 5.56 Å². The highest BCUT2D eigenvalue weighted by molar-refractivity contribution is 5.80. The lowest BCUT2D eigenvalue weighted by atomic mass is 10.1. The summed E-state index contributed by atoms with van der Waals surface area (Å²) >= 11 is 0. The normalized spacial score (nSPS) is 16.5. The fourth-order valence-corrected chi connectivity index (χ4v) is 3.82. The maximum Gasteiger partial charge on any atom is 0.247 e. The Balaban J connectivity index is 1.63. The molecule has 1 saturated heterocycles. The number of hydrogen-bond donors (Lipinski definition) is 0. The molecule has 1 aliphatic rings. The van der Waals surface area contributed by atoms with Crippen molar-refractivity contribution in [3.63, 3.8) is 0 Å². The van der Waals surface area contributed by atoms with Gasteiger partial charge in [-0.25, -0.2) is 0 Å². The number of aromatic nitrogens is 3. The summed E-state index contributed by atoms with van der Waals surface area (Å²) in [4.78, 5) is 22.1. The third-order valence-electron chi connectivity index (χ3n) is 5.36. The highest BCUT2D eigenvalue weighted by Gasteiger charge is 2.29. The van der Waals surface area contributed by atoms with Gasteiger partial charge < -0.3 is 4.90 Å². The van der Waals surface area contributed by atoms with Crippen LogP contribution in [-0.2, 0) is 11.3 Å². The second-order valence-corrected chi connectivity index (χ2v) is 7.54. The quantitative estimate of drug-likeness (QED) is 0.786. The van der Waals surface area contributed by atoms with E-state index in [1.807, 2.05) is 41.8 Å². The monoisotopic (exact) mass is 369 g/mol. The molecule has 0 aromatic carbocycles. The molecule has 1 unspecified atom stereocenters. The lowest BCUT2D eigenvalue weighted by Crippen LogP contribution is -2.50. The van der Waals surface area contributed by atoms with Gasteiger partial charge in [0.15, 0.2) is 0 Å². The van der Waals surface area contributed by atoms with Crippen molar-refractivity contribution >= 4 is 5.91 Å². The topological polar surface area (TPSA) is 54.3 Å². The minimum Gasteiger partial charge on any atom is -0.338 e. The first-order valence-electron chi connectivity index (χ1n) is 9.94. The van der Waals surface area contributed by atoms with Crippen molar-refractivity contribution in [1.29, 1.82) is 0 Å². The maximum atomic E-state index is 13.2. The number of rotatable bonds is 6. The van der Waals surface area contributed by atoms with Gasteiger partial charge in [0.2, 0.25) is 5.91 Å². The highest BCUT2D eigenvalue weighted by Crippen LogP contribution is 2.21. The molecule has 27 heavy (non-hydrogen) atoms. The Bertz CT molecular complexity index is 777. The van der Waals surface area contributed by atoms with Crippen LogP contribution in [-0.4, -0.2) is 56.7 Å². The van der Waals surface area contributed by atoms with Gasteiger partial charge in [0, 0.05) is 44.6 Å². The molecule has 1 fully saturated rings. The predicted octanol–water partition coefficient (Wildman–Crippen LogP) is 2.89. The Morgan fingerprint density at radius 3 is 2.52 bits per heavy atom. The Labute approximate surface area is 162 Å². The van der Waals surface area contributed by atoms with Crippen molar-refractivity contribution in [3.8, 4) is 0 Å². The standard InChI is InChI=1S/C21H31N5O/c1-5-7-20(26-18(4)14-17(3)23-26)21(27)25-12-10-24(11-13-25)15-19-16(2)8-6-9-22-19/h6,8-9,14,20H,5,7,10-13,15H2,1-4H3. The van der Waals surface area contributed by atoms with Gasteiger partial charge in [-0.2, -0.15) is 5.10 Å². The minimum absolute atomic E-state index is 0.187. The van der Waals surface area contributed by atoms with Crippen molar-refractivity contribution in [2.75, 3.05) is 26.2 Å². The van der Waals surface area contributed by atoms with E-state index in [0.29, 0.717) is 0 Å². The van der Waals surface area contributed by atoms with Crippen molar-refractivity contribution in [3.05, 3.63) is 47.0 Å². The van der Waals surface area contributed by atoms with Gasteiger partial charge in [0.25, 0.3) is 0 Å². The zero-order valence-electron chi connectivity index (χ0n) is 17.0. The molecule has 3 heterocycles. The molecule has 0 radical (unpaired) electrons. The Kier molecular flexibility index (Phi) is 6.26. The summed E-state index contributed by atoms with van der Waals surface area (Å²) in [5.41, 5.74) is 4.38. The molecular weight excluding hydrogens is 338 g/mol. The number of amides is 1. The molecule has 6 heteroatoms. The average Bonchev–Trinajstić information content (AvgIpc) is 2.99. The summed E-state index contributed by atoms with van der Waals surface area (Å²) in [5.74, 6) is 0.205. The van der Waals surface area contributed by atoms with Crippen LogP contribution in [0.25, 0.3) is 0 Å². The minimum atomic E-state index is -0.187. The van der Waals surface area contributed by atoms with Crippen molar-refractivity contribution < 1.29 is 4.79 Å². The fourth-order valence-electron chi connectivity index (χ4n) is 3.82. The summed E-state index contributed by atoms with van der Waals surface area (Å²) in [6.07, 6.45) is 3.65. The van der Waals surface area contributed by atoms with Crippen LogP contribution in [0.15, 0.2) is 24.4 Å². The second kappa shape index (κ2) is 8.65. The van der Waals surface area contributed by atoms with Crippen LogP contribution in [0.3, 0.4) is 0 Å². The van der Waals surface area contributed by atoms with Crippen LogP contribution in [0.1, 0.15) is 48.5 Å². The summed E-state index contributed by atoms with van der Waals surface area (Å²) in [7, 11) is 0. The molecule has 146 valence electrons. The number of nitrogens with zero attached hydrogens (tertiary/aromatic N) is 5. The average molecular weight is 370 g/mol. The number of hydrogen-bond acceptors (Lipinski definition) is 4.